The Labute approximate surface area is 95.2 Å². The van der Waals surface area contributed by atoms with Crippen molar-refractivity contribution in [1.82, 2.24) is 0 Å². The van der Waals surface area contributed by atoms with E-state index in [9.17, 15) is 13.2 Å². The molecule has 0 radical (unpaired) electrons. The molecule has 0 fully saturated rings. The van der Waals surface area contributed by atoms with Crippen LogP contribution in [0.15, 0.2) is 0 Å². The fraction of sp³-hybridized carbons (Fsp3) is 0.778. The topological polar surface area (TPSA) is 105 Å². The molecule has 0 aliphatic heterocycles. The first-order chi connectivity index (χ1) is 7.23. The molecule has 0 saturated carbocycles. The van der Waals surface area contributed by atoms with Crippen molar-refractivity contribution in [3.05, 3.63) is 0 Å². The third-order valence-electron chi connectivity index (χ3n) is 2.00. The van der Waals surface area contributed by atoms with Crippen LogP contribution < -0.4 is 0 Å². The molecule has 16 heavy (non-hydrogen) atoms. The Morgan fingerprint density at radius 1 is 1.50 bits per heavy atom. The van der Waals surface area contributed by atoms with Gasteiger partial charge in [0.2, 0.25) is 0 Å². The molecule has 94 valence electrons. The summed E-state index contributed by atoms with van der Waals surface area (Å²) in [4.78, 5) is 11.5. The van der Waals surface area contributed by atoms with Gasteiger partial charge in [0.15, 0.2) is 0 Å². The van der Waals surface area contributed by atoms with Gasteiger partial charge in [-0.15, -0.1) is 0 Å². The van der Waals surface area contributed by atoms with Crippen molar-refractivity contribution in [2.24, 2.45) is 5.92 Å². The molecule has 2 N–H and O–H groups in total. The van der Waals surface area contributed by atoms with Crippen LogP contribution in [0.4, 0.5) is 0 Å². The van der Waals surface area contributed by atoms with Gasteiger partial charge in [0, 0.05) is 6.21 Å². The molecule has 0 aliphatic rings. The van der Waals surface area contributed by atoms with Crippen LogP contribution in [0.3, 0.4) is 0 Å². The molecule has 0 aliphatic carbocycles. The summed E-state index contributed by atoms with van der Waals surface area (Å²) in [6.45, 7) is 4.86. The molecule has 2 unspecified atom stereocenters. The van der Waals surface area contributed by atoms with Crippen LogP contribution in [0, 0.1) is 11.3 Å². The molecule has 0 aromatic heterocycles. The first-order valence-electron chi connectivity index (χ1n) is 4.91. The maximum Gasteiger partial charge on any atom is 0.310 e. The summed E-state index contributed by atoms with van der Waals surface area (Å²) < 4.78 is 35.6. The summed E-state index contributed by atoms with van der Waals surface area (Å²) in [5.41, 5.74) is 0. The number of esters is 1. The smallest absolute Gasteiger partial charge is 0.310 e. The van der Waals surface area contributed by atoms with E-state index in [4.69, 9.17) is 14.7 Å². The molecule has 0 rings (SSSR count). The Bertz CT molecular complexity index is 349. The van der Waals surface area contributed by atoms with E-state index in [1.165, 1.54) is 0 Å². The monoisotopic (exact) mass is 251 g/mol. The molecule has 0 amide bonds. The first kappa shape index (κ1) is 15.0. The third-order valence-corrected chi connectivity index (χ3v) is 3.15. The van der Waals surface area contributed by atoms with Gasteiger partial charge in [-0.25, -0.2) is 0 Å². The van der Waals surface area contributed by atoms with Gasteiger partial charge in [-0.3, -0.25) is 9.35 Å². The van der Waals surface area contributed by atoms with Crippen molar-refractivity contribution in [3.8, 4) is 0 Å². The van der Waals surface area contributed by atoms with Crippen LogP contribution in [0.1, 0.15) is 27.2 Å². The normalized spacial score (nSPS) is 15.6. The van der Waals surface area contributed by atoms with E-state index in [1.807, 2.05) is 0 Å². The molecule has 0 saturated heterocycles. The van der Waals surface area contributed by atoms with Crippen molar-refractivity contribution >= 4 is 22.3 Å². The van der Waals surface area contributed by atoms with Gasteiger partial charge >= 0.3 is 5.97 Å². The zero-order valence-corrected chi connectivity index (χ0v) is 10.3. The van der Waals surface area contributed by atoms with E-state index in [2.05, 4.69) is 0 Å². The fourth-order valence-corrected chi connectivity index (χ4v) is 2.15. The molecule has 2 atom stereocenters. The highest BCUT2D eigenvalue weighted by atomic mass is 32.2. The summed E-state index contributed by atoms with van der Waals surface area (Å²) >= 11 is 0. The largest absolute Gasteiger partial charge is 0.463 e. The van der Waals surface area contributed by atoms with Crippen LogP contribution in [-0.4, -0.2) is 36.5 Å². The Balaban J connectivity index is 4.97. The predicted octanol–water partition coefficient (Wildman–Crippen LogP) is 0.870. The summed E-state index contributed by atoms with van der Waals surface area (Å²) in [6, 6.07) is 0. The lowest BCUT2D eigenvalue weighted by Gasteiger charge is -2.20. The van der Waals surface area contributed by atoms with Crippen LogP contribution in [0.5, 0.6) is 0 Å². The lowest BCUT2D eigenvalue weighted by molar-refractivity contribution is -0.152. The number of carbonyl (C=O) groups is 1. The summed E-state index contributed by atoms with van der Waals surface area (Å²) in [5, 5.41) is 5.41. The minimum Gasteiger partial charge on any atom is -0.463 e. The Hall–Kier alpha value is -0.950. The predicted molar refractivity (Wildman–Crippen MR) is 59.1 cm³/mol. The number of rotatable bonds is 6. The fourth-order valence-electron chi connectivity index (χ4n) is 1.26. The number of carbonyl (C=O) groups excluding carboxylic acids is 1. The maximum absolute atomic E-state index is 11.5. The Kier molecular flexibility index (Phi) is 5.60. The molecule has 0 heterocycles. The molecule has 0 bridgehead atoms. The van der Waals surface area contributed by atoms with Gasteiger partial charge in [-0.1, -0.05) is 6.92 Å². The molecular weight excluding hydrogens is 234 g/mol. The molecule has 6 nitrogen and oxygen atoms in total. The molecule has 0 aromatic rings. The van der Waals surface area contributed by atoms with E-state index >= 15 is 0 Å². The average molecular weight is 251 g/mol. The minimum atomic E-state index is -4.45. The van der Waals surface area contributed by atoms with Crippen LogP contribution in [0.2, 0.25) is 0 Å². The second kappa shape index (κ2) is 5.95. The molecular formula is C9H17NO5S. The SMILES string of the molecule is CCC(C(=O)OC(C)C)C(C=N)S(=O)(=O)O. The van der Waals surface area contributed by atoms with Gasteiger partial charge < -0.3 is 10.1 Å². The van der Waals surface area contributed by atoms with Crippen molar-refractivity contribution in [1.29, 1.82) is 5.41 Å². The highest BCUT2D eigenvalue weighted by Crippen LogP contribution is 2.17. The maximum atomic E-state index is 11.5. The van der Waals surface area contributed by atoms with Crippen molar-refractivity contribution in [2.75, 3.05) is 0 Å². The van der Waals surface area contributed by atoms with E-state index < -0.39 is 27.3 Å². The van der Waals surface area contributed by atoms with E-state index in [-0.39, 0.29) is 12.5 Å². The highest BCUT2D eigenvalue weighted by molar-refractivity contribution is 7.87. The summed E-state index contributed by atoms with van der Waals surface area (Å²) in [6.07, 6.45) is 0.352. The molecule has 0 spiro atoms. The van der Waals surface area contributed by atoms with Gasteiger partial charge in [-0.05, 0) is 20.3 Å². The number of hydrogen-bond donors (Lipinski definition) is 2. The van der Waals surface area contributed by atoms with Crippen LogP contribution >= 0.6 is 0 Å². The summed E-state index contributed by atoms with van der Waals surface area (Å²) in [5.74, 6) is -1.77. The van der Waals surface area contributed by atoms with E-state index in [0.717, 1.165) is 0 Å². The van der Waals surface area contributed by atoms with E-state index in [1.54, 1.807) is 20.8 Å². The van der Waals surface area contributed by atoms with Gasteiger partial charge in [0.1, 0.15) is 5.25 Å². The quantitative estimate of drug-likeness (QED) is 0.414. The number of hydrogen-bond acceptors (Lipinski definition) is 5. The van der Waals surface area contributed by atoms with E-state index in [0.29, 0.717) is 6.21 Å². The average Bonchev–Trinajstić information content (AvgIpc) is 2.10. The Morgan fingerprint density at radius 3 is 2.25 bits per heavy atom. The zero-order valence-electron chi connectivity index (χ0n) is 9.50. The number of nitrogens with one attached hydrogen (secondary N) is 1. The third kappa shape index (κ3) is 4.28. The van der Waals surface area contributed by atoms with Crippen molar-refractivity contribution in [2.45, 2.75) is 38.5 Å². The molecule has 0 aromatic carbocycles. The van der Waals surface area contributed by atoms with Gasteiger partial charge in [-0.2, -0.15) is 8.42 Å². The zero-order chi connectivity index (χ0) is 12.9. The minimum absolute atomic E-state index is 0.172. The standard InChI is InChI=1S/C9H17NO5S/c1-4-7(9(11)15-6(2)3)8(5-10)16(12,13)14/h5-8,10H,4H2,1-3H3,(H,12,13,14). The summed E-state index contributed by atoms with van der Waals surface area (Å²) in [7, 11) is -4.45. The lowest BCUT2D eigenvalue weighted by Crippen LogP contribution is -2.37. The molecule has 7 heteroatoms. The number of ether oxygens (including phenoxy) is 1. The van der Waals surface area contributed by atoms with Crippen LogP contribution in [0.25, 0.3) is 0 Å². The lowest BCUT2D eigenvalue weighted by atomic mass is 10.0. The van der Waals surface area contributed by atoms with Crippen molar-refractivity contribution < 1.29 is 22.5 Å². The second-order valence-electron chi connectivity index (χ2n) is 3.65. The van der Waals surface area contributed by atoms with Crippen molar-refractivity contribution in [3.63, 3.8) is 0 Å². The van der Waals surface area contributed by atoms with Gasteiger partial charge in [0.05, 0.1) is 12.0 Å². The first-order valence-corrected chi connectivity index (χ1v) is 6.41. The van der Waals surface area contributed by atoms with Gasteiger partial charge in [0.25, 0.3) is 10.1 Å². The Morgan fingerprint density at radius 2 is 2.00 bits per heavy atom. The second-order valence-corrected chi connectivity index (χ2v) is 5.22. The highest BCUT2D eigenvalue weighted by Gasteiger charge is 2.35. The van der Waals surface area contributed by atoms with Crippen LogP contribution in [-0.2, 0) is 19.6 Å².